The van der Waals surface area contributed by atoms with Crippen molar-refractivity contribution >= 4 is 21.6 Å². The monoisotopic (exact) mass is 372 g/mol. The third-order valence-corrected chi connectivity index (χ3v) is 3.76. The second-order valence-corrected chi connectivity index (χ2v) is 7.08. The zero-order valence-corrected chi connectivity index (χ0v) is 13.9. The van der Waals surface area contributed by atoms with E-state index in [2.05, 4.69) is 10.0 Å². The summed E-state index contributed by atoms with van der Waals surface area (Å²) < 4.78 is 62.2. The van der Waals surface area contributed by atoms with Gasteiger partial charge in [0.1, 0.15) is 0 Å². The standard InChI is InChI=1S/C16H15F3N2O3S/c1-25(23,24)21-14-4-2-3-11(9-14)10-20-15(22)12-5-7-13(8-6-12)16(17,18)19/h2-9,21H,10H2,1H3,(H,20,22). The molecular weight excluding hydrogens is 357 g/mol. The van der Waals surface area contributed by atoms with Gasteiger partial charge in [-0.25, -0.2) is 8.42 Å². The van der Waals surface area contributed by atoms with Crippen LogP contribution in [-0.2, 0) is 22.7 Å². The second kappa shape index (κ2) is 7.14. The van der Waals surface area contributed by atoms with Gasteiger partial charge in [0.25, 0.3) is 5.91 Å². The molecule has 0 saturated carbocycles. The Hall–Kier alpha value is -2.55. The number of nitrogens with one attached hydrogen (secondary N) is 2. The number of hydrogen-bond acceptors (Lipinski definition) is 3. The summed E-state index contributed by atoms with van der Waals surface area (Å²) in [5, 5.41) is 2.57. The maximum absolute atomic E-state index is 12.5. The van der Waals surface area contributed by atoms with Crippen LogP contribution in [0, 0.1) is 0 Å². The molecule has 0 fully saturated rings. The van der Waals surface area contributed by atoms with E-state index in [0.29, 0.717) is 11.3 Å². The van der Waals surface area contributed by atoms with Crippen molar-refractivity contribution in [2.24, 2.45) is 0 Å². The number of anilines is 1. The number of halogens is 3. The first-order valence-corrected chi connectivity index (χ1v) is 8.96. The molecule has 0 unspecified atom stereocenters. The smallest absolute Gasteiger partial charge is 0.348 e. The molecule has 2 aromatic rings. The molecule has 0 radical (unpaired) electrons. The Balaban J connectivity index is 2.01. The summed E-state index contributed by atoms with van der Waals surface area (Å²) in [5.74, 6) is -0.532. The molecular formula is C16H15F3N2O3S. The van der Waals surface area contributed by atoms with E-state index in [9.17, 15) is 26.4 Å². The van der Waals surface area contributed by atoms with Gasteiger partial charge in [-0.2, -0.15) is 13.2 Å². The number of hydrogen-bond donors (Lipinski definition) is 2. The maximum Gasteiger partial charge on any atom is 0.416 e. The number of benzene rings is 2. The summed E-state index contributed by atoms with van der Waals surface area (Å²) in [6.45, 7) is 0.0964. The second-order valence-electron chi connectivity index (χ2n) is 5.33. The predicted molar refractivity (Wildman–Crippen MR) is 87.5 cm³/mol. The molecule has 5 nitrogen and oxygen atoms in total. The van der Waals surface area contributed by atoms with Gasteiger partial charge in [-0.3, -0.25) is 9.52 Å². The number of alkyl halides is 3. The summed E-state index contributed by atoms with van der Waals surface area (Å²) in [6, 6.07) is 10.3. The van der Waals surface area contributed by atoms with E-state index in [-0.39, 0.29) is 12.1 Å². The van der Waals surface area contributed by atoms with E-state index < -0.39 is 27.7 Å². The van der Waals surface area contributed by atoms with Gasteiger partial charge >= 0.3 is 6.18 Å². The van der Waals surface area contributed by atoms with Crippen molar-refractivity contribution < 1.29 is 26.4 Å². The zero-order valence-electron chi connectivity index (χ0n) is 13.1. The minimum Gasteiger partial charge on any atom is -0.348 e. The molecule has 0 bridgehead atoms. The lowest BCUT2D eigenvalue weighted by atomic mass is 10.1. The molecule has 2 aromatic carbocycles. The van der Waals surface area contributed by atoms with Crippen LogP contribution in [0.25, 0.3) is 0 Å². The summed E-state index contributed by atoms with van der Waals surface area (Å²) in [7, 11) is -3.41. The summed E-state index contributed by atoms with van der Waals surface area (Å²) >= 11 is 0. The molecule has 0 saturated heterocycles. The highest BCUT2D eigenvalue weighted by Gasteiger charge is 2.30. The van der Waals surface area contributed by atoms with Crippen molar-refractivity contribution in [3.8, 4) is 0 Å². The summed E-state index contributed by atoms with van der Waals surface area (Å²) in [4.78, 5) is 12.0. The number of carbonyl (C=O) groups excluding carboxylic acids is 1. The first-order chi connectivity index (χ1) is 11.5. The van der Waals surface area contributed by atoms with E-state index in [1.54, 1.807) is 24.3 Å². The van der Waals surface area contributed by atoms with Crippen LogP contribution in [0.2, 0.25) is 0 Å². The number of carbonyl (C=O) groups is 1. The van der Waals surface area contributed by atoms with Crippen LogP contribution >= 0.6 is 0 Å². The minimum absolute atomic E-state index is 0.0958. The van der Waals surface area contributed by atoms with Crippen molar-refractivity contribution in [3.63, 3.8) is 0 Å². The largest absolute Gasteiger partial charge is 0.416 e. The third-order valence-electron chi connectivity index (χ3n) is 3.16. The highest BCUT2D eigenvalue weighted by Crippen LogP contribution is 2.29. The lowest BCUT2D eigenvalue weighted by Crippen LogP contribution is -2.23. The Morgan fingerprint density at radius 2 is 1.72 bits per heavy atom. The molecule has 0 aliphatic rings. The van der Waals surface area contributed by atoms with Gasteiger partial charge in [0.05, 0.1) is 11.8 Å². The van der Waals surface area contributed by atoms with Gasteiger partial charge in [-0.1, -0.05) is 12.1 Å². The van der Waals surface area contributed by atoms with E-state index in [1.165, 1.54) is 0 Å². The first-order valence-electron chi connectivity index (χ1n) is 7.07. The van der Waals surface area contributed by atoms with E-state index >= 15 is 0 Å². The Bertz CT molecular complexity index is 863. The first kappa shape index (κ1) is 18.8. The van der Waals surface area contributed by atoms with Crippen LogP contribution in [0.3, 0.4) is 0 Å². The summed E-state index contributed by atoms with van der Waals surface area (Å²) in [6.07, 6.45) is -3.44. The fourth-order valence-corrected chi connectivity index (χ4v) is 2.61. The Kier molecular flexibility index (Phi) is 5.36. The van der Waals surface area contributed by atoms with E-state index in [0.717, 1.165) is 30.5 Å². The van der Waals surface area contributed by atoms with Crippen molar-refractivity contribution in [1.29, 1.82) is 0 Å². The Morgan fingerprint density at radius 1 is 1.08 bits per heavy atom. The van der Waals surface area contributed by atoms with E-state index in [1.807, 2.05) is 0 Å². The molecule has 25 heavy (non-hydrogen) atoms. The molecule has 0 heterocycles. The SMILES string of the molecule is CS(=O)(=O)Nc1cccc(CNC(=O)c2ccc(C(F)(F)F)cc2)c1. The lowest BCUT2D eigenvalue weighted by Gasteiger charge is -2.09. The average molecular weight is 372 g/mol. The zero-order chi connectivity index (χ0) is 18.7. The van der Waals surface area contributed by atoms with Crippen LogP contribution in [0.4, 0.5) is 18.9 Å². The van der Waals surface area contributed by atoms with Crippen LogP contribution < -0.4 is 10.0 Å². The van der Waals surface area contributed by atoms with E-state index in [4.69, 9.17) is 0 Å². The minimum atomic E-state index is -4.46. The molecule has 0 aliphatic heterocycles. The molecule has 0 atom stereocenters. The van der Waals surface area contributed by atoms with Gasteiger partial charge in [0.2, 0.25) is 10.0 Å². The van der Waals surface area contributed by atoms with Gasteiger partial charge < -0.3 is 5.32 Å². The molecule has 9 heteroatoms. The fourth-order valence-electron chi connectivity index (χ4n) is 2.05. The average Bonchev–Trinajstić information content (AvgIpc) is 2.50. The molecule has 134 valence electrons. The normalized spacial score (nSPS) is 11.8. The van der Waals surface area contributed by atoms with Crippen LogP contribution in [0.15, 0.2) is 48.5 Å². The van der Waals surface area contributed by atoms with Crippen molar-refractivity contribution in [2.45, 2.75) is 12.7 Å². The molecule has 1 amide bonds. The fraction of sp³-hybridized carbons (Fsp3) is 0.188. The highest BCUT2D eigenvalue weighted by molar-refractivity contribution is 7.92. The molecule has 0 aliphatic carbocycles. The highest BCUT2D eigenvalue weighted by atomic mass is 32.2. The predicted octanol–water partition coefficient (Wildman–Crippen LogP) is 3.01. The maximum atomic E-state index is 12.5. The van der Waals surface area contributed by atoms with Crippen molar-refractivity contribution in [2.75, 3.05) is 11.0 Å². The van der Waals surface area contributed by atoms with Gasteiger partial charge in [-0.15, -0.1) is 0 Å². The number of rotatable bonds is 5. The lowest BCUT2D eigenvalue weighted by molar-refractivity contribution is -0.137. The Labute approximate surface area is 142 Å². The van der Waals surface area contributed by atoms with Crippen molar-refractivity contribution in [3.05, 3.63) is 65.2 Å². The third kappa shape index (κ3) is 5.79. The van der Waals surface area contributed by atoms with Crippen LogP contribution in [-0.4, -0.2) is 20.6 Å². The number of amides is 1. The molecule has 0 spiro atoms. The van der Waals surface area contributed by atoms with Gasteiger partial charge in [0.15, 0.2) is 0 Å². The van der Waals surface area contributed by atoms with Crippen LogP contribution in [0.5, 0.6) is 0 Å². The molecule has 0 aromatic heterocycles. The van der Waals surface area contributed by atoms with Crippen molar-refractivity contribution in [1.82, 2.24) is 5.32 Å². The quantitative estimate of drug-likeness (QED) is 0.847. The topological polar surface area (TPSA) is 75.3 Å². The van der Waals surface area contributed by atoms with Crippen LogP contribution in [0.1, 0.15) is 21.5 Å². The molecule has 2 rings (SSSR count). The summed E-state index contributed by atoms with van der Waals surface area (Å²) in [5.41, 5.74) is 0.250. The number of sulfonamides is 1. The van der Waals surface area contributed by atoms with Gasteiger partial charge in [0, 0.05) is 17.8 Å². The van der Waals surface area contributed by atoms with Gasteiger partial charge in [-0.05, 0) is 42.0 Å². The Morgan fingerprint density at radius 3 is 2.28 bits per heavy atom. The molecule has 2 N–H and O–H groups in total.